The van der Waals surface area contributed by atoms with Crippen LogP contribution >= 0.6 is 0 Å². The topological polar surface area (TPSA) is 52.0 Å². The minimum absolute atomic E-state index is 0.0978. The third kappa shape index (κ3) is 1.76. The lowest BCUT2D eigenvalue weighted by Crippen LogP contribution is -2.18. The van der Waals surface area contributed by atoms with Crippen LogP contribution in [-0.2, 0) is 6.42 Å². The van der Waals surface area contributed by atoms with Gasteiger partial charge in [-0.3, -0.25) is 0 Å². The van der Waals surface area contributed by atoms with E-state index in [1.165, 1.54) is 17.2 Å². The quantitative estimate of drug-likeness (QED) is 0.777. The zero-order chi connectivity index (χ0) is 14.4. The van der Waals surface area contributed by atoms with Crippen LogP contribution in [0.25, 0.3) is 11.1 Å². The standard InChI is InChI=1S/C17H13FN2O/c18-14-8-4-3-7-12(14)15-16(21-20-17(15)19)13-9-10-5-1-2-6-11(10)13/h1-8,13H,9H2,(H2,19,20). The summed E-state index contributed by atoms with van der Waals surface area (Å²) in [5.74, 6) is 0.664. The molecule has 2 aromatic carbocycles. The average Bonchev–Trinajstić information content (AvgIpc) is 2.83. The predicted octanol–water partition coefficient (Wildman–Crippen LogP) is 3.75. The summed E-state index contributed by atoms with van der Waals surface area (Å²) >= 11 is 0. The molecule has 1 aliphatic rings. The van der Waals surface area contributed by atoms with Gasteiger partial charge < -0.3 is 10.3 Å². The third-order valence-electron chi connectivity index (χ3n) is 4.06. The molecule has 0 aliphatic heterocycles. The molecule has 3 nitrogen and oxygen atoms in total. The van der Waals surface area contributed by atoms with Crippen LogP contribution in [0.4, 0.5) is 10.2 Å². The summed E-state index contributed by atoms with van der Waals surface area (Å²) in [5, 5.41) is 3.85. The Morgan fingerprint density at radius 2 is 1.86 bits per heavy atom. The summed E-state index contributed by atoms with van der Waals surface area (Å²) in [5.41, 5.74) is 9.41. The van der Waals surface area contributed by atoms with Gasteiger partial charge in [-0.1, -0.05) is 47.6 Å². The Labute approximate surface area is 121 Å². The maximum absolute atomic E-state index is 14.1. The number of hydrogen-bond acceptors (Lipinski definition) is 3. The second-order valence-electron chi connectivity index (χ2n) is 5.24. The van der Waals surface area contributed by atoms with Crippen molar-refractivity contribution in [3.63, 3.8) is 0 Å². The van der Waals surface area contributed by atoms with Crippen molar-refractivity contribution in [2.24, 2.45) is 0 Å². The number of nitrogens with two attached hydrogens (primary N) is 1. The molecule has 1 atom stereocenters. The summed E-state index contributed by atoms with van der Waals surface area (Å²) in [4.78, 5) is 0. The summed E-state index contributed by atoms with van der Waals surface area (Å²) in [7, 11) is 0. The van der Waals surface area contributed by atoms with Crippen molar-refractivity contribution in [3.05, 3.63) is 71.2 Å². The first-order valence-electron chi connectivity index (χ1n) is 6.83. The Morgan fingerprint density at radius 1 is 1.10 bits per heavy atom. The van der Waals surface area contributed by atoms with Crippen LogP contribution in [0.2, 0.25) is 0 Å². The minimum atomic E-state index is -0.318. The second kappa shape index (κ2) is 4.45. The molecule has 4 heteroatoms. The van der Waals surface area contributed by atoms with Gasteiger partial charge in [0, 0.05) is 11.5 Å². The van der Waals surface area contributed by atoms with Crippen molar-refractivity contribution < 1.29 is 8.91 Å². The summed E-state index contributed by atoms with van der Waals surface area (Å²) in [6.07, 6.45) is 0.867. The maximum Gasteiger partial charge on any atom is 0.175 e. The third-order valence-corrected chi connectivity index (χ3v) is 4.06. The molecule has 2 N–H and O–H groups in total. The Bertz CT molecular complexity index is 825. The van der Waals surface area contributed by atoms with Crippen LogP contribution in [0.15, 0.2) is 53.1 Å². The molecule has 1 aromatic heterocycles. The number of halogens is 1. The molecule has 3 aromatic rings. The van der Waals surface area contributed by atoms with Gasteiger partial charge in [0.25, 0.3) is 0 Å². The number of benzene rings is 2. The lowest BCUT2D eigenvalue weighted by Gasteiger charge is -2.28. The van der Waals surface area contributed by atoms with E-state index in [1.54, 1.807) is 18.2 Å². The molecule has 0 spiro atoms. The number of rotatable bonds is 2. The molecular weight excluding hydrogens is 267 g/mol. The zero-order valence-corrected chi connectivity index (χ0v) is 11.2. The van der Waals surface area contributed by atoms with Crippen LogP contribution in [-0.4, -0.2) is 5.16 Å². The maximum atomic E-state index is 14.1. The number of hydrogen-bond donors (Lipinski definition) is 1. The van der Waals surface area contributed by atoms with Crippen molar-refractivity contribution >= 4 is 5.82 Å². The molecule has 0 amide bonds. The van der Waals surface area contributed by atoms with Crippen LogP contribution in [0.5, 0.6) is 0 Å². The lowest BCUT2D eigenvalue weighted by atomic mass is 9.75. The van der Waals surface area contributed by atoms with Gasteiger partial charge in [0.15, 0.2) is 11.6 Å². The van der Waals surface area contributed by atoms with Crippen LogP contribution < -0.4 is 5.73 Å². The molecule has 1 unspecified atom stereocenters. The number of nitrogen functional groups attached to an aromatic ring is 1. The van der Waals surface area contributed by atoms with E-state index in [4.69, 9.17) is 10.3 Å². The molecule has 0 radical (unpaired) electrons. The van der Waals surface area contributed by atoms with Gasteiger partial charge >= 0.3 is 0 Å². The Morgan fingerprint density at radius 3 is 2.67 bits per heavy atom. The van der Waals surface area contributed by atoms with Crippen LogP contribution in [0.1, 0.15) is 22.8 Å². The van der Waals surface area contributed by atoms with Crippen molar-refractivity contribution in [2.75, 3.05) is 5.73 Å². The van der Waals surface area contributed by atoms with Gasteiger partial charge in [-0.25, -0.2) is 4.39 Å². The normalized spacial score (nSPS) is 16.3. The molecule has 104 valence electrons. The SMILES string of the molecule is Nc1noc(C2Cc3ccccc32)c1-c1ccccc1F. The molecule has 0 fully saturated rings. The molecule has 1 heterocycles. The number of aromatic nitrogens is 1. The van der Waals surface area contributed by atoms with Gasteiger partial charge in [-0.15, -0.1) is 0 Å². The van der Waals surface area contributed by atoms with E-state index in [9.17, 15) is 4.39 Å². The highest BCUT2D eigenvalue weighted by Crippen LogP contribution is 2.45. The van der Waals surface area contributed by atoms with E-state index in [1.807, 2.05) is 12.1 Å². The summed E-state index contributed by atoms with van der Waals surface area (Å²) in [6.45, 7) is 0. The first-order valence-corrected chi connectivity index (χ1v) is 6.83. The van der Waals surface area contributed by atoms with Gasteiger partial charge in [0.1, 0.15) is 5.82 Å². The fourth-order valence-corrected chi connectivity index (χ4v) is 2.98. The van der Waals surface area contributed by atoms with E-state index in [0.717, 1.165) is 6.42 Å². The Hall–Kier alpha value is -2.62. The van der Waals surface area contributed by atoms with E-state index in [0.29, 0.717) is 16.9 Å². The fourth-order valence-electron chi connectivity index (χ4n) is 2.98. The minimum Gasteiger partial charge on any atom is -0.380 e. The van der Waals surface area contributed by atoms with E-state index in [-0.39, 0.29) is 17.6 Å². The highest BCUT2D eigenvalue weighted by Gasteiger charge is 2.34. The largest absolute Gasteiger partial charge is 0.380 e. The van der Waals surface area contributed by atoms with E-state index >= 15 is 0 Å². The van der Waals surface area contributed by atoms with Crippen LogP contribution in [0, 0.1) is 5.82 Å². The monoisotopic (exact) mass is 280 g/mol. The Balaban J connectivity index is 1.85. The number of fused-ring (bicyclic) bond motifs is 1. The predicted molar refractivity (Wildman–Crippen MR) is 78.3 cm³/mol. The molecule has 0 saturated heterocycles. The van der Waals surface area contributed by atoms with Crippen LogP contribution in [0.3, 0.4) is 0 Å². The first kappa shape index (κ1) is 12.1. The highest BCUT2D eigenvalue weighted by atomic mass is 19.1. The van der Waals surface area contributed by atoms with Crippen molar-refractivity contribution in [1.29, 1.82) is 0 Å². The average molecular weight is 280 g/mol. The van der Waals surface area contributed by atoms with E-state index < -0.39 is 0 Å². The summed E-state index contributed by atoms with van der Waals surface area (Å²) < 4.78 is 19.5. The lowest BCUT2D eigenvalue weighted by molar-refractivity contribution is 0.365. The molecule has 4 rings (SSSR count). The summed E-state index contributed by atoms with van der Waals surface area (Å²) in [6, 6.07) is 14.7. The number of anilines is 1. The van der Waals surface area contributed by atoms with Gasteiger partial charge in [-0.2, -0.15) is 0 Å². The van der Waals surface area contributed by atoms with Crippen molar-refractivity contribution in [1.82, 2.24) is 5.16 Å². The molecule has 1 aliphatic carbocycles. The zero-order valence-electron chi connectivity index (χ0n) is 11.2. The van der Waals surface area contributed by atoms with Gasteiger partial charge in [-0.05, 0) is 23.6 Å². The first-order chi connectivity index (χ1) is 10.3. The Kier molecular flexibility index (Phi) is 2.57. The van der Waals surface area contributed by atoms with E-state index in [2.05, 4.69) is 17.3 Å². The van der Waals surface area contributed by atoms with Crippen molar-refractivity contribution in [3.8, 4) is 11.1 Å². The molecule has 21 heavy (non-hydrogen) atoms. The van der Waals surface area contributed by atoms with Crippen molar-refractivity contribution in [2.45, 2.75) is 12.3 Å². The van der Waals surface area contributed by atoms with Gasteiger partial charge in [0.05, 0.1) is 5.56 Å². The molecular formula is C17H13FN2O. The molecule has 0 bridgehead atoms. The number of nitrogens with zero attached hydrogens (tertiary/aromatic N) is 1. The fraction of sp³-hybridized carbons (Fsp3) is 0.118. The second-order valence-corrected chi connectivity index (χ2v) is 5.24. The van der Waals surface area contributed by atoms with Gasteiger partial charge in [0.2, 0.25) is 0 Å². The smallest absolute Gasteiger partial charge is 0.175 e. The molecule has 0 saturated carbocycles. The highest BCUT2D eigenvalue weighted by molar-refractivity contribution is 5.77.